The van der Waals surface area contributed by atoms with Gasteiger partial charge in [0, 0.05) is 17.8 Å². The number of carbonyl (C=O) groups excluding carboxylic acids is 2. The number of hydrogen-bond donors (Lipinski definition) is 2. The summed E-state index contributed by atoms with van der Waals surface area (Å²) in [6.45, 7) is 1.86. The lowest BCUT2D eigenvalue weighted by Crippen LogP contribution is -2.42. The van der Waals surface area contributed by atoms with Crippen molar-refractivity contribution in [3.63, 3.8) is 0 Å². The summed E-state index contributed by atoms with van der Waals surface area (Å²) in [4.78, 5) is 28.0. The van der Waals surface area contributed by atoms with Crippen LogP contribution in [0.4, 0.5) is 0 Å². The van der Waals surface area contributed by atoms with Gasteiger partial charge in [-0.2, -0.15) is 8.75 Å². The average Bonchev–Trinajstić information content (AvgIpc) is 3.19. The molecule has 2 amide bonds. The highest BCUT2D eigenvalue weighted by Crippen LogP contribution is 2.39. The van der Waals surface area contributed by atoms with E-state index in [1.165, 1.54) is 6.20 Å². The summed E-state index contributed by atoms with van der Waals surface area (Å²) in [5.41, 5.74) is 7.13. The zero-order chi connectivity index (χ0) is 14.8. The van der Waals surface area contributed by atoms with Gasteiger partial charge < -0.3 is 0 Å². The highest BCUT2D eigenvalue weighted by atomic mass is 32.1. The van der Waals surface area contributed by atoms with Gasteiger partial charge in [-0.3, -0.25) is 25.4 Å². The molecule has 1 saturated carbocycles. The molecule has 1 aliphatic rings. The SMILES string of the molecule is Cc1cc(C2CC2)ncc1C(=O)NNC(=O)c1cnsn1. The third kappa shape index (κ3) is 3.05. The van der Waals surface area contributed by atoms with E-state index in [2.05, 4.69) is 24.6 Å². The van der Waals surface area contributed by atoms with Gasteiger partial charge in [-0.1, -0.05) is 0 Å². The van der Waals surface area contributed by atoms with Gasteiger partial charge >= 0.3 is 0 Å². The number of aromatic nitrogens is 3. The summed E-state index contributed by atoms with van der Waals surface area (Å²) in [6, 6.07) is 1.93. The molecule has 0 bridgehead atoms. The molecular formula is C13H13N5O2S. The molecule has 0 spiro atoms. The Hall–Kier alpha value is -2.35. The van der Waals surface area contributed by atoms with Crippen molar-refractivity contribution < 1.29 is 9.59 Å². The van der Waals surface area contributed by atoms with Crippen molar-refractivity contribution in [3.8, 4) is 0 Å². The van der Waals surface area contributed by atoms with Crippen molar-refractivity contribution in [1.29, 1.82) is 0 Å². The number of pyridine rings is 1. The van der Waals surface area contributed by atoms with Gasteiger partial charge in [0.05, 0.1) is 23.5 Å². The first-order chi connectivity index (χ1) is 10.1. The maximum Gasteiger partial charge on any atom is 0.291 e. The molecule has 2 aromatic rings. The molecular weight excluding hydrogens is 290 g/mol. The molecule has 8 heteroatoms. The van der Waals surface area contributed by atoms with Crippen LogP contribution in [0.1, 0.15) is 50.9 Å². The second-order valence-corrected chi connectivity index (χ2v) is 5.46. The zero-order valence-corrected chi connectivity index (χ0v) is 12.1. The number of nitrogens with one attached hydrogen (secondary N) is 2. The number of rotatable bonds is 3. The Morgan fingerprint density at radius 2 is 2.00 bits per heavy atom. The van der Waals surface area contributed by atoms with Gasteiger partial charge in [-0.15, -0.1) is 0 Å². The lowest BCUT2D eigenvalue weighted by molar-refractivity contribution is 0.0844. The highest BCUT2D eigenvalue weighted by Gasteiger charge is 2.25. The fraction of sp³-hybridized carbons (Fsp3) is 0.308. The van der Waals surface area contributed by atoms with E-state index in [-0.39, 0.29) is 5.69 Å². The standard InChI is InChI=1S/C13H13N5O2S/c1-7-4-10(8-2-3-8)14-5-9(7)12(19)16-17-13(20)11-6-15-21-18-11/h4-6,8H,2-3H2,1H3,(H,16,19)(H,17,20). The van der Waals surface area contributed by atoms with Gasteiger partial charge in [-0.25, -0.2) is 0 Å². The minimum Gasteiger partial charge on any atom is -0.267 e. The number of nitrogens with zero attached hydrogens (tertiary/aromatic N) is 3. The highest BCUT2D eigenvalue weighted by molar-refractivity contribution is 6.99. The molecule has 2 N–H and O–H groups in total. The van der Waals surface area contributed by atoms with E-state index < -0.39 is 11.8 Å². The van der Waals surface area contributed by atoms with E-state index in [1.54, 1.807) is 6.20 Å². The van der Waals surface area contributed by atoms with Crippen LogP contribution < -0.4 is 10.9 Å². The van der Waals surface area contributed by atoms with E-state index in [1.807, 2.05) is 13.0 Å². The molecule has 0 atom stereocenters. The lowest BCUT2D eigenvalue weighted by atomic mass is 10.1. The predicted octanol–water partition coefficient (Wildman–Crippen LogP) is 1.19. The van der Waals surface area contributed by atoms with Crippen molar-refractivity contribution in [1.82, 2.24) is 24.6 Å². The fourth-order valence-corrected chi connectivity index (χ4v) is 2.34. The number of amides is 2. The third-order valence-corrected chi connectivity index (χ3v) is 3.73. The maximum absolute atomic E-state index is 12.0. The fourth-order valence-electron chi connectivity index (χ4n) is 1.93. The van der Waals surface area contributed by atoms with Crippen molar-refractivity contribution >= 4 is 23.5 Å². The van der Waals surface area contributed by atoms with Gasteiger partial charge in [0.15, 0.2) is 5.69 Å². The number of hydrogen-bond acceptors (Lipinski definition) is 6. The molecule has 7 nitrogen and oxygen atoms in total. The quantitative estimate of drug-likeness (QED) is 0.830. The van der Waals surface area contributed by atoms with Crippen molar-refractivity contribution in [2.45, 2.75) is 25.7 Å². The maximum atomic E-state index is 12.0. The van der Waals surface area contributed by atoms with Crippen LogP contribution in [-0.2, 0) is 0 Å². The first-order valence-electron chi connectivity index (χ1n) is 6.50. The second-order valence-electron chi connectivity index (χ2n) is 4.90. The minimum absolute atomic E-state index is 0.166. The number of hydrazine groups is 1. The molecule has 2 heterocycles. The molecule has 1 fully saturated rings. The Kier molecular flexibility index (Phi) is 3.61. The Bertz CT molecular complexity index is 682. The minimum atomic E-state index is -0.502. The molecule has 2 aromatic heterocycles. The zero-order valence-electron chi connectivity index (χ0n) is 11.3. The molecule has 108 valence electrons. The molecule has 0 radical (unpaired) electrons. The van der Waals surface area contributed by atoms with E-state index in [0.29, 0.717) is 11.5 Å². The smallest absolute Gasteiger partial charge is 0.267 e. The Balaban J connectivity index is 1.64. The van der Waals surface area contributed by atoms with Crippen molar-refractivity contribution in [2.75, 3.05) is 0 Å². The molecule has 3 rings (SSSR count). The van der Waals surface area contributed by atoms with Crippen LogP contribution in [0.25, 0.3) is 0 Å². The number of carbonyl (C=O) groups is 2. The van der Waals surface area contributed by atoms with Crippen LogP contribution in [0.5, 0.6) is 0 Å². The van der Waals surface area contributed by atoms with E-state index in [9.17, 15) is 9.59 Å². The Morgan fingerprint density at radius 1 is 1.24 bits per heavy atom. The van der Waals surface area contributed by atoms with Crippen molar-refractivity contribution in [3.05, 3.63) is 41.0 Å². The summed E-state index contributed by atoms with van der Waals surface area (Å²) < 4.78 is 7.50. The lowest BCUT2D eigenvalue weighted by Gasteiger charge is -2.09. The first kappa shape index (κ1) is 13.6. The van der Waals surface area contributed by atoms with Gasteiger partial charge in [-0.05, 0) is 31.4 Å². The summed E-state index contributed by atoms with van der Waals surface area (Å²) in [5.74, 6) is -0.367. The monoisotopic (exact) mass is 303 g/mol. The molecule has 0 saturated heterocycles. The van der Waals surface area contributed by atoms with Crippen LogP contribution in [0, 0.1) is 6.92 Å². The summed E-state index contributed by atoms with van der Waals surface area (Å²) in [7, 11) is 0. The van der Waals surface area contributed by atoms with Gasteiger partial charge in [0.2, 0.25) is 0 Å². The van der Waals surface area contributed by atoms with E-state index in [0.717, 1.165) is 35.8 Å². The van der Waals surface area contributed by atoms with Crippen LogP contribution in [0.2, 0.25) is 0 Å². The Morgan fingerprint density at radius 3 is 2.62 bits per heavy atom. The van der Waals surface area contributed by atoms with Crippen LogP contribution >= 0.6 is 11.7 Å². The van der Waals surface area contributed by atoms with Crippen LogP contribution in [0.15, 0.2) is 18.5 Å². The molecule has 0 aromatic carbocycles. The van der Waals surface area contributed by atoms with Crippen molar-refractivity contribution in [2.24, 2.45) is 0 Å². The molecule has 0 aliphatic heterocycles. The van der Waals surface area contributed by atoms with E-state index in [4.69, 9.17) is 0 Å². The summed E-state index contributed by atoms with van der Waals surface area (Å²) in [6.07, 6.45) is 5.21. The average molecular weight is 303 g/mol. The van der Waals surface area contributed by atoms with Gasteiger partial charge in [0.25, 0.3) is 11.8 Å². The summed E-state index contributed by atoms with van der Waals surface area (Å²) in [5, 5.41) is 0. The third-order valence-electron chi connectivity index (χ3n) is 3.26. The van der Waals surface area contributed by atoms with Gasteiger partial charge in [0.1, 0.15) is 0 Å². The largest absolute Gasteiger partial charge is 0.291 e. The predicted molar refractivity (Wildman–Crippen MR) is 75.8 cm³/mol. The molecule has 21 heavy (non-hydrogen) atoms. The molecule has 0 unspecified atom stereocenters. The summed E-state index contributed by atoms with van der Waals surface area (Å²) >= 11 is 0.928. The normalized spacial score (nSPS) is 13.8. The second kappa shape index (κ2) is 5.57. The number of aryl methyl sites for hydroxylation is 1. The first-order valence-corrected chi connectivity index (χ1v) is 7.23. The van der Waals surface area contributed by atoms with E-state index >= 15 is 0 Å². The van der Waals surface area contributed by atoms with Crippen LogP contribution in [-0.4, -0.2) is 25.5 Å². The van der Waals surface area contributed by atoms with Crippen LogP contribution in [0.3, 0.4) is 0 Å². The topological polar surface area (TPSA) is 96.9 Å². The molecule has 1 aliphatic carbocycles. The Labute approximate surface area is 125 Å².